The third-order valence-electron chi connectivity index (χ3n) is 4.40. The number of hydrogen-bond donors (Lipinski definition) is 2. The van der Waals surface area contributed by atoms with Crippen molar-refractivity contribution in [2.45, 2.75) is 13.0 Å². The zero-order chi connectivity index (χ0) is 21.0. The second-order valence-electron chi connectivity index (χ2n) is 6.30. The summed E-state index contributed by atoms with van der Waals surface area (Å²) in [5.41, 5.74) is 0.605. The fourth-order valence-corrected chi connectivity index (χ4v) is 2.87. The number of carbonyl (C=O) groups excluding carboxylic acids is 2. The molecule has 0 unspecified atom stereocenters. The fraction of sp³-hybridized carbons (Fsp3) is 0.143. The van der Waals surface area contributed by atoms with E-state index in [4.69, 9.17) is 4.74 Å². The summed E-state index contributed by atoms with van der Waals surface area (Å²) in [7, 11) is 1.54. The van der Waals surface area contributed by atoms with Crippen LogP contribution < -0.4 is 10.6 Å². The van der Waals surface area contributed by atoms with Crippen molar-refractivity contribution in [3.63, 3.8) is 0 Å². The van der Waals surface area contributed by atoms with E-state index in [0.29, 0.717) is 5.69 Å². The molecule has 2 N–H and O–H groups in total. The molecule has 0 aliphatic carbocycles. The number of fused-ring (bicyclic) bond motifs is 1. The Kier molecular flexibility index (Phi) is 5.73. The zero-order valence-corrected chi connectivity index (χ0v) is 15.8. The first-order valence-corrected chi connectivity index (χ1v) is 8.86. The Labute approximate surface area is 166 Å². The molecule has 0 spiro atoms. The van der Waals surface area contributed by atoms with Crippen LogP contribution in [-0.4, -0.2) is 30.0 Å². The van der Waals surface area contributed by atoms with Gasteiger partial charge in [0, 0.05) is 24.2 Å². The van der Waals surface area contributed by atoms with Gasteiger partial charge < -0.3 is 15.4 Å². The van der Waals surface area contributed by atoms with Crippen molar-refractivity contribution < 1.29 is 19.2 Å². The zero-order valence-electron chi connectivity index (χ0n) is 15.8. The van der Waals surface area contributed by atoms with Gasteiger partial charge in [-0.1, -0.05) is 36.4 Å². The molecule has 1 amide bonds. The Hall–Kier alpha value is -3.94. The molecule has 3 aromatic carbocycles. The van der Waals surface area contributed by atoms with E-state index in [2.05, 4.69) is 10.6 Å². The molecule has 8 nitrogen and oxygen atoms in total. The highest BCUT2D eigenvalue weighted by Crippen LogP contribution is 2.26. The molecule has 8 heteroatoms. The molecule has 0 saturated carbocycles. The lowest BCUT2D eigenvalue weighted by atomic mass is 10.1. The molecule has 1 atom stereocenters. The molecule has 0 fully saturated rings. The molecule has 0 bridgehead atoms. The maximum atomic E-state index is 12.5. The van der Waals surface area contributed by atoms with E-state index in [1.165, 1.54) is 19.1 Å². The number of nitro groups is 1. The summed E-state index contributed by atoms with van der Waals surface area (Å²) in [5, 5.41) is 18.4. The molecule has 0 aromatic heterocycles. The van der Waals surface area contributed by atoms with E-state index in [1.807, 2.05) is 36.4 Å². The Bertz CT molecular complexity index is 1090. The third-order valence-corrected chi connectivity index (χ3v) is 4.40. The normalized spacial score (nSPS) is 11.5. The summed E-state index contributed by atoms with van der Waals surface area (Å²) in [5.74, 6) is -1.33. The maximum absolute atomic E-state index is 12.5. The quantitative estimate of drug-likeness (QED) is 0.372. The van der Waals surface area contributed by atoms with Crippen LogP contribution in [0.15, 0.2) is 60.7 Å². The number of nitrogens with zero attached hydrogens (tertiary/aromatic N) is 1. The molecular formula is C21H19N3O5. The number of esters is 1. The molecule has 0 radical (unpaired) electrons. The van der Waals surface area contributed by atoms with Gasteiger partial charge in [-0.05, 0) is 30.5 Å². The van der Waals surface area contributed by atoms with Crippen LogP contribution in [0.1, 0.15) is 17.3 Å². The number of carbonyl (C=O) groups is 2. The molecular weight excluding hydrogens is 374 g/mol. The maximum Gasteiger partial charge on any atom is 0.339 e. The molecule has 0 saturated heterocycles. The number of nitrogens with one attached hydrogen (secondary N) is 2. The highest BCUT2D eigenvalue weighted by atomic mass is 16.6. The van der Waals surface area contributed by atoms with Crippen molar-refractivity contribution in [1.82, 2.24) is 0 Å². The topological polar surface area (TPSA) is 111 Å². The number of anilines is 2. The van der Waals surface area contributed by atoms with Crippen LogP contribution in [0.3, 0.4) is 0 Å². The SMILES string of the molecule is CNc1ccc(C(=O)O[C@@H](C)C(=O)Nc2cccc3ccccc23)cc1[N+](=O)[O-]. The molecule has 29 heavy (non-hydrogen) atoms. The van der Waals surface area contributed by atoms with E-state index in [-0.39, 0.29) is 16.9 Å². The lowest BCUT2D eigenvalue weighted by Gasteiger charge is -2.15. The van der Waals surface area contributed by atoms with E-state index in [1.54, 1.807) is 13.1 Å². The van der Waals surface area contributed by atoms with Crippen molar-refractivity contribution in [2.24, 2.45) is 0 Å². The Morgan fingerprint density at radius 3 is 2.48 bits per heavy atom. The van der Waals surface area contributed by atoms with Gasteiger partial charge in [0.05, 0.1) is 10.5 Å². The van der Waals surface area contributed by atoms with E-state index in [9.17, 15) is 19.7 Å². The van der Waals surface area contributed by atoms with Crippen LogP contribution in [0.5, 0.6) is 0 Å². The number of hydrogen-bond acceptors (Lipinski definition) is 6. The van der Waals surface area contributed by atoms with Gasteiger partial charge in [-0.3, -0.25) is 14.9 Å². The summed E-state index contributed by atoms with van der Waals surface area (Å²) in [4.78, 5) is 35.4. The van der Waals surface area contributed by atoms with Crippen LogP contribution in [-0.2, 0) is 9.53 Å². The number of ether oxygens (including phenoxy) is 1. The third kappa shape index (κ3) is 4.32. The minimum atomic E-state index is -1.09. The summed E-state index contributed by atoms with van der Waals surface area (Å²) in [6.07, 6.45) is -1.09. The second kappa shape index (κ2) is 8.39. The smallest absolute Gasteiger partial charge is 0.339 e. The van der Waals surface area contributed by atoms with Crippen molar-refractivity contribution in [3.8, 4) is 0 Å². The highest BCUT2D eigenvalue weighted by Gasteiger charge is 2.22. The van der Waals surface area contributed by atoms with Gasteiger partial charge in [0.15, 0.2) is 6.10 Å². The van der Waals surface area contributed by atoms with Crippen molar-refractivity contribution >= 4 is 39.7 Å². The Balaban J connectivity index is 1.73. The van der Waals surface area contributed by atoms with Crippen LogP contribution in [0.2, 0.25) is 0 Å². The van der Waals surface area contributed by atoms with Crippen molar-refractivity contribution in [1.29, 1.82) is 0 Å². The summed E-state index contributed by atoms with van der Waals surface area (Å²) in [6, 6.07) is 17.0. The van der Waals surface area contributed by atoms with Gasteiger partial charge in [-0.2, -0.15) is 0 Å². The molecule has 0 aliphatic rings. The molecule has 148 valence electrons. The summed E-state index contributed by atoms with van der Waals surface area (Å²) < 4.78 is 5.20. The van der Waals surface area contributed by atoms with Gasteiger partial charge in [0.25, 0.3) is 11.6 Å². The lowest BCUT2D eigenvalue weighted by Crippen LogP contribution is -2.30. The number of benzene rings is 3. The summed E-state index contributed by atoms with van der Waals surface area (Å²) in [6.45, 7) is 1.44. The van der Waals surface area contributed by atoms with Crippen LogP contribution in [0, 0.1) is 10.1 Å². The van der Waals surface area contributed by atoms with E-state index >= 15 is 0 Å². The van der Waals surface area contributed by atoms with Crippen LogP contribution >= 0.6 is 0 Å². The number of amides is 1. The molecule has 3 rings (SSSR count). The van der Waals surface area contributed by atoms with Gasteiger partial charge >= 0.3 is 5.97 Å². The largest absolute Gasteiger partial charge is 0.449 e. The van der Waals surface area contributed by atoms with Crippen molar-refractivity contribution in [2.75, 3.05) is 17.7 Å². The molecule has 0 heterocycles. The monoisotopic (exact) mass is 393 g/mol. The average Bonchev–Trinajstić information content (AvgIpc) is 2.73. The predicted molar refractivity (Wildman–Crippen MR) is 110 cm³/mol. The predicted octanol–water partition coefficient (Wildman–Crippen LogP) is 3.97. The van der Waals surface area contributed by atoms with Gasteiger partial charge in [0.2, 0.25) is 0 Å². The molecule has 3 aromatic rings. The standard InChI is InChI=1S/C21H19N3O5/c1-13(20(25)23-17-9-5-7-14-6-3-4-8-16(14)17)29-21(26)15-10-11-18(22-2)19(12-15)24(27)28/h3-13,22H,1-2H3,(H,23,25)/t13-/m0/s1. The van der Waals surface area contributed by atoms with Gasteiger partial charge in [-0.25, -0.2) is 4.79 Å². The second-order valence-corrected chi connectivity index (χ2v) is 6.30. The first-order valence-electron chi connectivity index (χ1n) is 8.86. The summed E-state index contributed by atoms with van der Waals surface area (Å²) >= 11 is 0. The molecule has 0 aliphatic heterocycles. The minimum absolute atomic E-state index is 0.0134. The Morgan fingerprint density at radius 1 is 1.03 bits per heavy atom. The first kappa shape index (κ1) is 19.8. The number of rotatable bonds is 6. The van der Waals surface area contributed by atoms with Crippen molar-refractivity contribution in [3.05, 3.63) is 76.3 Å². The van der Waals surface area contributed by atoms with Gasteiger partial charge in [-0.15, -0.1) is 0 Å². The van der Waals surface area contributed by atoms with E-state index in [0.717, 1.165) is 16.8 Å². The van der Waals surface area contributed by atoms with Gasteiger partial charge in [0.1, 0.15) is 5.69 Å². The fourth-order valence-electron chi connectivity index (χ4n) is 2.87. The number of nitro benzene ring substituents is 1. The van der Waals surface area contributed by atoms with Crippen LogP contribution in [0.25, 0.3) is 10.8 Å². The Morgan fingerprint density at radius 2 is 1.76 bits per heavy atom. The van der Waals surface area contributed by atoms with Crippen LogP contribution in [0.4, 0.5) is 17.1 Å². The van der Waals surface area contributed by atoms with E-state index < -0.39 is 22.9 Å². The highest BCUT2D eigenvalue weighted by molar-refractivity contribution is 6.04. The average molecular weight is 393 g/mol. The minimum Gasteiger partial charge on any atom is -0.449 e. The first-order chi connectivity index (χ1) is 13.9. The lowest BCUT2D eigenvalue weighted by molar-refractivity contribution is -0.384.